The molecule has 13 heteroatoms. The fourth-order valence-corrected chi connectivity index (χ4v) is 7.56. The lowest BCUT2D eigenvalue weighted by atomic mass is 9.82. The Kier molecular flexibility index (Phi) is 10.3. The Balaban J connectivity index is 1.57. The Bertz CT molecular complexity index is 1570. The van der Waals surface area contributed by atoms with Crippen molar-refractivity contribution >= 4 is 31.3 Å². The predicted octanol–water partition coefficient (Wildman–Crippen LogP) is 6.14. The van der Waals surface area contributed by atoms with Crippen LogP contribution in [0.25, 0.3) is 0 Å². The Morgan fingerprint density at radius 1 is 1.18 bits per heavy atom. The number of rotatable bonds is 11. The number of nitrogens with zero attached hydrogens (tertiary/aromatic N) is 1. The number of benzene rings is 2. The van der Waals surface area contributed by atoms with Crippen LogP contribution in [-0.4, -0.2) is 58.0 Å². The van der Waals surface area contributed by atoms with Gasteiger partial charge in [0.25, 0.3) is 5.91 Å². The molecule has 0 unspecified atom stereocenters. The van der Waals surface area contributed by atoms with Crippen LogP contribution in [0.1, 0.15) is 68.6 Å². The zero-order valence-electron chi connectivity index (χ0n) is 25.0. The van der Waals surface area contributed by atoms with E-state index in [4.69, 9.17) is 19.3 Å². The molecule has 1 spiro atoms. The third-order valence-electron chi connectivity index (χ3n) is 8.38. The van der Waals surface area contributed by atoms with Gasteiger partial charge in [-0.3, -0.25) is 9.59 Å². The molecule has 242 valence electrons. The highest BCUT2D eigenvalue weighted by Gasteiger charge is 2.56. The number of halogens is 2. The monoisotopic (exact) mass is 663 g/mol. The van der Waals surface area contributed by atoms with Crippen molar-refractivity contribution in [3.05, 3.63) is 88.2 Å². The summed E-state index contributed by atoms with van der Waals surface area (Å²) in [4.78, 5) is 48.8. The number of thioether (sulfide) groups is 1. The van der Waals surface area contributed by atoms with Crippen molar-refractivity contribution < 1.29 is 46.7 Å². The molecule has 1 saturated carbocycles. The Labute approximate surface area is 264 Å². The molecular weight excluding hydrogens is 627 g/mol. The molecular formula is C32H36F2NO8PS. The standard InChI is InChI=1S/C32H36F2NO8PS/c1-3-7-23(30(27(36)8-4-2)42-19-43-44(38,39)40)31(37)35-20(16-41-18-32(35)13-14-32)15-24-21-11-12-26(33)29(34)25(21)17-45-28-10-6-5-9-22(24)28/h4-6,8-12,20,24H,3,7,13-19H2,1-2H3,(H2,38,39,40)/b8-4-,30-23-/t20-,24+/m1/s1. The van der Waals surface area contributed by atoms with Gasteiger partial charge in [-0.25, -0.2) is 17.9 Å². The number of hydrogen-bond acceptors (Lipinski definition) is 7. The van der Waals surface area contributed by atoms with Crippen molar-refractivity contribution in [1.82, 2.24) is 4.90 Å². The van der Waals surface area contributed by atoms with Gasteiger partial charge in [0, 0.05) is 22.1 Å². The molecule has 9 nitrogen and oxygen atoms in total. The summed E-state index contributed by atoms with van der Waals surface area (Å²) < 4.78 is 56.8. The minimum Gasteiger partial charge on any atom is -0.462 e. The summed E-state index contributed by atoms with van der Waals surface area (Å²) in [5.74, 6) is -3.33. The van der Waals surface area contributed by atoms with E-state index in [2.05, 4.69) is 4.52 Å². The van der Waals surface area contributed by atoms with E-state index in [0.29, 0.717) is 43.4 Å². The van der Waals surface area contributed by atoms with Crippen LogP contribution in [0.2, 0.25) is 0 Å². The molecule has 1 aliphatic carbocycles. The summed E-state index contributed by atoms with van der Waals surface area (Å²) in [5, 5.41) is 0. The first-order chi connectivity index (χ1) is 21.5. The van der Waals surface area contributed by atoms with E-state index in [1.165, 1.54) is 23.9 Å². The van der Waals surface area contributed by atoms with Crippen LogP contribution in [0.3, 0.4) is 0 Å². The van der Waals surface area contributed by atoms with E-state index < -0.39 is 49.5 Å². The lowest BCUT2D eigenvalue weighted by Crippen LogP contribution is -2.57. The first-order valence-electron chi connectivity index (χ1n) is 14.8. The number of morpholine rings is 1. The van der Waals surface area contributed by atoms with Crippen LogP contribution in [0.15, 0.2) is 64.8 Å². The number of ketones is 1. The minimum atomic E-state index is -4.91. The Hall–Kier alpha value is -2.86. The van der Waals surface area contributed by atoms with Gasteiger partial charge in [0.15, 0.2) is 17.4 Å². The molecule has 0 radical (unpaired) electrons. The number of amides is 1. The third-order valence-corrected chi connectivity index (χ3v) is 9.94. The Morgan fingerprint density at radius 2 is 1.93 bits per heavy atom. The maximum absolute atomic E-state index is 15.2. The van der Waals surface area contributed by atoms with Crippen LogP contribution in [-0.2, 0) is 33.9 Å². The van der Waals surface area contributed by atoms with Gasteiger partial charge in [-0.15, -0.1) is 11.8 Å². The van der Waals surface area contributed by atoms with Crippen LogP contribution < -0.4 is 0 Å². The molecule has 2 aliphatic heterocycles. The average Bonchev–Trinajstić information content (AvgIpc) is 3.78. The maximum Gasteiger partial charge on any atom is 0.472 e. The largest absolute Gasteiger partial charge is 0.472 e. The van der Waals surface area contributed by atoms with Crippen molar-refractivity contribution in [1.29, 1.82) is 0 Å². The van der Waals surface area contributed by atoms with Gasteiger partial charge in [0.1, 0.15) is 0 Å². The van der Waals surface area contributed by atoms with Crippen molar-refractivity contribution in [2.24, 2.45) is 0 Å². The van der Waals surface area contributed by atoms with E-state index in [-0.39, 0.29) is 36.0 Å². The summed E-state index contributed by atoms with van der Waals surface area (Å²) in [7, 11) is -4.91. The molecule has 1 saturated heterocycles. The molecule has 1 amide bonds. The molecule has 2 aromatic rings. The minimum absolute atomic E-state index is 0.0680. The molecule has 2 fully saturated rings. The number of allylic oxidation sites excluding steroid dienone is 2. The number of fused-ring (bicyclic) bond motifs is 2. The number of ether oxygens (including phenoxy) is 2. The highest BCUT2D eigenvalue weighted by Crippen LogP contribution is 2.50. The van der Waals surface area contributed by atoms with E-state index >= 15 is 4.39 Å². The first kappa shape index (κ1) is 33.5. The van der Waals surface area contributed by atoms with E-state index in [0.717, 1.165) is 16.5 Å². The summed E-state index contributed by atoms with van der Waals surface area (Å²) in [5.41, 5.74) is 1.35. The SMILES string of the molecule is C/C=C\C(=O)/C(OCOP(=O)(O)O)=C(\CCC)C(=O)N1[C@H](C[C@@H]2c3ccccc3SCc3c2ccc(F)c3F)COCC12CC2. The normalized spacial score (nSPS) is 21.2. The fourth-order valence-electron chi connectivity index (χ4n) is 6.23. The molecule has 45 heavy (non-hydrogen) atoms. The third kappa shape index (κ3) is 7.26. The summed E-state index contributed by atoms with van der Waals surface area (Å²) in [6.07, 6.45) is 5.04. The smallest absolute Gasteiger partial charge is 0.462 e. The highest BCUT2D eigenvalue weighted by molar-refractivity contribution is 7.98. The van der Waals surface area contributed by atoms with Gasteiger partial charge < -0.3 is 24.2 Å². The molecule has 3 aliphatic rings. The highest BCUT2D eigenvalue weighted by atomic mass is 32.2. The molecule has 5 rings (SSSR count). The second kappa shape index (κ2) is 13.9. The van der Waals surface area contributed by atoms with Gasteiger partial charge in [-0.2, -0.15) is 0 Å². The summed E-state index contributed by atoms with van der Waals surface area (Å²) in [6.45, 7) is 3.03. The van der Waals surface area contributed by atoms with Gasteiger partial charge in [-0.1, -0.05) is 43.7 Å². The van der Waals surface area contributed by atoms with Crippen molar-refractivity contribution in [3.8, 4) is 0 Å². The molecule has 2 N–H and O–H groups in total. The van der Waals surface area contributed by atoms with Crippen LogP contribution in [0.5, 0.6) is 0 Å². The second-order valence-electron chi connectivity index (χ2n) is 11.4. The van der Waals surface area contributed by atoms with Crippen molar-refractivity contribution in [2.75, 3.05) is 20.0 Å². The van der Waals surface area contributed by atoms with E-state index in [9.17, 15) is 18.5 Å². The summed E-state index contributed by atoms with van der Waals surface area (Å²) >= 11 is 1.44. The molecule has 2 aromatic carbocycles. The van der Waals surface area contributed by atoms with E-state index in [1.807, 2.05) is 31.2 Å². The molecule has 2 heterocycles. The quantitative estimate of drug-likeness (QED) is 0.126. The number of phosphoric ester groups is 1. The zero-order chi connectivity index (χ0) is 32.4. The molecule has 0 bridgehead atoms. The molecule has 0 aromatic heterocycles. The lowest BCUT2D eigenvalue weighted by molar-refractivity contribution is -0.146. The zero-order valence-corrected chi connectivity index (χ0v) is 26.8. The van der Waals surface area contributed by atoms with E-state index in [1.54, 1.807) is 17.9 Å². The van der Waals surface area contributed by atoms with Crippen LogP contribution in [0.4, 0.5) is 8.78 Å². The number of carbonyl (C=O) groups excluding carboxylic acids is 2. The summed E-state index contributed by atoms with van der Waals surface area (Å²) in [6, 6.07) is 9.99. The van der Waals surface area contributed by atoms with Gasteiger partial charge in [0.2, 0.25) is 12.6 Å². The second-order valence-corrected chi connectivity index (χ2v) is 13.7. The average molecular weight is 664 g/mol. The van der Waals surface area contributed by atoms with Gasteiger partial charge in [0.05, 0.1) is 30.4 Å². The maximum atomic E-state index is 15.2. The first-order valence-corrected chi connectivity index (χ1v) is 17.3. The topological polar surface area (TPSA) is 123 Å². The fraction of sp³-hybridized carbons (Fsp3) is 0.438. The predicted molar refractivity (Wildman–Crippen MR) is 163 cm³/mol. The lowest BCUT2D eigenvalue weighted by Gasteiger charge is -2.44. The van der Waals surface area contributed by atoms with Crippen molar-refractivity contribution in [3.63, 3.8) is 0 Å². The van der Waals surface area contributed by atoms with Crippen LogP contribution in [0, 0.1) is 11.6 Å². The van der Waals surface area contributed by atoms with Crippen LogP contribution >= 0.6 is 19.6 Å². The number of carbonyl (C=O) groups is 2. The van der Waals surface area contributed by atoms with Gasteiger partial charge in [-0.05, 0) is 61.9 Å². The van der Waals surface area contributed by atoms with Crippen molar-refractivity contribution in [2.45, 2.75) is 74.1 Å². The number of hydrogen-bond donors (Lipinski definition) is 2. The number of phosphoric acid groups is 1. The molecule has 2 atom stereocenters. The Morgan fingerprint density at radius 3 is 2.62 bits per heavy atom. The van der Waals surface area contributed by atoms with Gasteiger partial charge >= 0.3 is 7.82 Å².